The lowest BCUT2D eigenvalue weighted by Gasteiger charge is -2.09. The first kappa shape index (κ1) is 15.4. The summed E-state index contributed by atoms with van der Waals surface area (Å²) in [4.78, 5) is 12.9. The number of para-hydroxylation sites is 1. The summed E-state index contributed by atoms with van der Waals surface area (Å²) >= 11 is 1.72. The summed E-state index contributed by atoms with van der Waals surface area (Å²) in [5.41, 5.74) is 1.03. The van der Waals surface area contributed by atoms with Crippen LogP contribution in [0.2, 0.25) is 0 Å². The predicted molar refractivity (Wildman–Crippen MR) is 86.8 cm³/mol. The van der Waals surface area contributed by atoms with Crippen LogP contribution in [0.4, 0.5) is 0 Å². The second kappa shape index (κ2) is 8.37. The molecular formula is C17H19NO2S. The Labute approximate surface area is 129 Å². The number of hydrogen-bond donors (Lipinski definition) is 1. The van der Waals surface area contributed by atoms with Crippen molar-refractivity contribution in [3.8, 4) is 5.75 Å². The number of nitrogens with one attached hydrogen (secondary N) is 1. The highest BCUT2D eigenvalue weighted by Gasteiger charge is 2.03. The predicted octanol–water partition coefficient (Wildman–Crippen LogP) is 3.28. The molecule has 0 saturated carbocycles. The Morgan fingerprint density at radius 1 is 1.10 bits per heavy atom. The van der Waals surface area contributed by atoms with E-state index in [1.165, 1.54) is 4.90 Å². The number of carbonyl (C=O) groups is 1. The van der Waals surface area contributed by atoms with Gasteiger partial charge in [-0.1, -0.05) is 36.4 Å². The maximum atomic E-state index is 11.7. The summed E-state index contributed by atoms with van der Waals surface area (Å²) < 4.78 is 5.50. The third kappa shape index (κ3) is 5.52. The van der Waals surface area contributed by atoms with Gasteiger partial charge in [0.1, 0.15) is 5.75 Å². The average molecular weight is 301 g/mol. The van der Waals surface area contributed by atoms with Crippen LogP contribution in [0.25, 0.3) is 0 Å². The molecule has 0 aliphatic rings. The molecule has 21 heavy (non-hydrogen) atoms. The third-order valence-corrected chi connectivity index (χ3v) is 3.90. The Morgan fingerprint density at radius 3 is 2.57 bits per heavy atom. The van der Waals surface area contributed by atoms with E-state index >= 15 is 0 Å². The van der Waals surface area contributed by atoms with Crippen molar-refractivity contribution in [1.29, 1.82) is 0 Å². The van der Waals surface area contributed by atoms with E-state index in [1.807, 2.05) is 49.4 Å². The highest BCUT2D eigenvalue weighted by atomic mass is 32.2. The smallest absolute Gasteiger partial charge is 0.257 e. The molecule has 1 amide bonds. The standard InChI is InChI=1S/C17H19NO2S/c1-14-7-5-6-10-16(14)20-13-17(19)18-11-12-21-15-8-3-2-4-9-15/h2-10H,11-13H2,1H3,(H,18,19). The SMILES string of the molecule is Cc1ccccc1OCC(=O)NCCSc1ccccc1. The van der Waals surface area contributed by atoms with Gasteiger partial charge in [0.15, 0.2) is 6.61 Å². The normalized spacial score (nSPS) is 10.1. The lowest BCUT2D eigenvalue weighted by molar-refractivity contribution is -0.122. The van der Waals surface area contributed by atoms with Gasteiger partial charge in [0.25, 0.3) is 5.91 Å². The van der Waals surface area contributed by atoms with Gasteiger partial charge < -0.3 is 10.1 Å². The quantitative estimate of drug-likeness (QED) is 0.630. The molecule has 1 N–H and O–H groups in total. The number of rotatable bonds is 7. The minimum absolute atomic E-state index is 0.0564. The third-order valence-electron chi connectivity index (χ3n) is 2.89. The summed E-state index contributed by atoms with van der Waals surface area (Å²) in [6, 6.07) is 17.8. The van der Waals surface area contributed by atoms with Crippen molar-refractivity contribution in [1.82, 2.24) is 5.32 Å². The number of carbonyl (C=O) groups excluding carboxylic acids is 1. The molecule has 3 nitrogen and oxygen atoms in total. The molecule has 0 spiro atoms. The van der Waals surface area contributed by atoms with Gasteiger partial charge in [-0.25, -0.2) is 0 Å². The summed E-state index contributed by atoms with van der Waals surface area (Å²) in [5, 5.41) is 2.86. The van der Waals surface area contributed by atoms with Crippen LogP contribution in [0.5, 0.6) is 5.75 Å². The molecule has 0 atom stereocenters. The zero-order valence-electron chi connectivity index (χ0n) is 12.0. The number of benzene rings is 2. The van der Waals surface area contributed by atoms with E-state index < -0.39 is 0 Å². The highest BCUT2D eigenvalue weighted by molar-refractivity contribution is 7.99. The van der Waals surface area contributed by atoms with Crippen molar-refractivity contribution in [2.75, 3.05) is 18.9 Å². The molecule has 2 aromatic rings. The average Bonchev–Trinajstić information content (AvgIpc) is 2.52. The Morgan fingerprint density at radius 2 is 1.81 bits per heavy atom. The monoisotopic (exact) mass is 301 g/mol. The summed E-state index contributed by atoms with van der Waals surface area (Å²) in [7, 11) is 0. The van der Waals surface area contributed by atoms with Crippen molar-refractivity contribution in [2.45, 2.75) is 11.8 Å². The van der Waals surface area contributed by atoms with Gasteiger partial charge >= 0.3 is 0 Å². The summed E-state index contributed by atoms with van der Waals surface area (Å²) in [6.07, 6.45) is 0. The molecular weight excluding hydrogens is 282 g/mol. The Hall–Kier alpha value is -1.94. The first-order valence-corrected chi connectivity index (χ1v) is 7.87. The maximum absolute atomic E-state index is 11.7. The number of aryl methyl sites for hydroxylation is 1. The van der Waals surface area contributed by atoms with Crippen LogP contribution < -0.4 is 10.1 Å². The fourth-order valence-electron chi connectivity index (χ4n) is 1.79. The minimum atomic E-state index is -0.0908. The number of amides is 1. The molecule has 0 heterocycles. The van der Waals surface area contributed by atoms with Crippen molar-refractivity contribution in [3.63, 3.8) is 0 Å². The van der Waals surface area contributed by atoms with Gasteiger partial charge in [0, 0.05) is 17.2 Å². The van der Waals surface area contributed by atoms with Crippen LogP contribution in [0.15, 0.2) is 59.5 Å². The Balaban J connectivity index is 1.63. The van der Waals surface area contributed by atoms with E-state index in [4.69, 9.17) is 4.74 Å². The van der Waals surface area contributed by atoms with Gasteiger partial charge in [0.2, 0.25) is 0 Å². The van der Waals surface area contributed by atoms with Crippen molar-refractivity contribution < 1.29 is 9.53 Å². The van der Waals surface area contributed by atoms with Crippen LogP contribution in [0.3, 0.4) is 0 Å². The van der Waals surface area contributed by atoms with E-state index in [2.05, 4.69) is 17.4 Å². The number of hydrogen-bond acceptors (Lipinski definition) is 3. The lowest BCUT2D eigenvalue weighted by atomic mass is 10.2. The van der Waals surface area contributed by atoms with Crippen LogP contribution in [0, 0.1) is 6.92 Å². The van der Waals surface area contributed by atoms with E-state index in [1.54, 1.807) is 11.8 Å². The lowest BCUT2D eigenvalue weighted by Crippen LogP contribution is -2.30. The highest BCUT2D eigenvalue weighted by Crippen LogP contribution is 2.16. The Kier molecular flexibility index (Phi) is 6.16. The molecule has 2 aromatic carbocycles. The zero-order chi connectivity index (χ0) is 14.9. The summed E-state index contributed by atoms with van der Waals surface area (Å²) in [5.74, 6) is 1.51. The topological polar surface area (TPSA) is 38.3 Å². The molecule has 2 rings (SSSR count). The molecule has 0 bridgehead atoms. The maximum Gasteiger partial charge on any atom is 0.257 e. The van der Waals surface area contributed by atoms with E-state index in [0.717, 1.165) is 17.1 Å². The van der Waals surface area contributed by atoms with Crippen LogP contribution in [0.1, 0.15) is 5.56 Å². The first-order chi connectivity index (χ1) is 10.3. The van der Waals surface area contributed by atoms with Crippen LogP contribution in [-0.4, -0.2) is 24.8 Å². The first-order valence-electron chi connectivity index (χ1n) is 6.88. The molecule has 110 valence electrons. The van der Waals surface area contributed by atoms with Gasteiger partial charge in [-0.05, 0) is 30.7 Å². The second-order valence-electron chi connectivity index (χ2n) is 4.57. The van der Waals surface area contributed by atoms with Gasteiger partial charge in [-0.2, -0.15) is 0 Å². The van der Waals surface area contributed by atoms with E-state index in [-0.39, 0.29) is 12.5 Å². The largest absolute Gasteiger partial charge is 0.484 e. The molecule has 0 aromatic heterocycles. The minimum Gasteiger partial charge on any atom is -0.484 e. The molecule has 0 saturated heterocycles. The number of ether oxygens (including phenoxy) is 1. The van der Waals surface area contributed by atoms with Crippen molar-refractivity contribution >= 4 is 17.7 Å². The molecule has 0 fully saturated rings. The molecule has 0 aliphatic heterocycles. The van der Waals surface area contributed by atoms with Crippen molar-refractivity contribution in [3.05, 3.63) is 60.2 Å². The van der Waals surface area contributed by atoms with Crippen molar-refractivity contribution in [2.24, 2.45) is 0 Å². The fourth-order valence-corrected chi connectivity index (χ4v) is 2.58. The van der Waals surface area contributed by atoms with Gasteiger partial charge in [-0.15, -0.1) is 11.8 Å². The fraction of sp³-hybridized carbons (Fsp3) is 0.235. The molecule has 0 radical (unpaired) electrons. The molecule has 0 unspecified atom stereocenters. The van der Waals surface area contributed by atoms with Gasteiger partial charge in [-0.3, -0.25) is 4.79 Å². The summed E-state index contributed by atoms with van der Waals surface area (Å²) in [6.45, 7) is 2.65. The van der Waals surface area contributed by atoms with Gasteiger partial charge in [0.05, 0.1) is 0 Å². The number of thioether (sulfide) groups is 1. The zero-order valence-corrected chi connectivity index (χ0v) is 12.9. The van der Waals surface area contributed by atoms with Crippen LogP contribution in [-0.2, 0) is 4.79 Å². The second-order valence-corrected chi connectivity index (χ2v) is 5.73. The van der Waals surface area contributed by atoms with Crippen LogP contribution >= 0.6 is 11.8 Å². The molecule has 4 heteroatoms. The van der Waals surface area contributed by atoms with E-state index in [9.17, 15) is 4.79 Å². The van der Waals surface area contributed by atoms with E-state index in [0.29, 0.717) is 6.54 Å². The molecule has 0 aliphatic carbocycles. The Bertz CT molecular complexity index is 572.